The van der Waals surface area contributed by atoms with Crippen molar-refractivity contribution in [1.82, 2.24) is 0 Å². The molecule has 6 nitrogen and oxygen atoms in total. The first kappa shape index (κ1) is 12.2. The normalized spacial score (nSPS) is 13.0. The van der Waals surface area contributed by atoms with E-state index in [-0.39, 0.29) is 11.8 Å². The fraction of sp³-hybridized carbons (Fsp3) is 0.333. The zero-order chi connectivity index (χ0) is 13.1. The van der Waals surface area contributed by atoms with Crippen LogP contribution in [0.1, 0.15) is 18.4 Å². The number of primary amides is 1. The molecule has 0 aromatic heterocycles. The second-order valence-corrected chi connectivity index (χ2v) is 4.32. The number of nitrogens with one attached hydrogen (secondary N) is 2. The molecule has 1 heterocycles. The van der Waals surface area contributed by atoms with Crippen LogP contribution in [0.4, 0.5) is 17.1 Å². The van der Waals surface area contributed by atoms with E-state index in [9.17, 15) is 9.59 Å². The minimum Gasteiger partial charge on any atom is -0.397 e. The standard InChI is InChI=1S/C12H16N4O2/c13-8-4-7-5-12(18)16-9(7)6-10(8)15-3-1-2-11(14)17/h4,6,15H,1-3,5,13H2,(H2,14,17)(H,16,18). The van der Waals surface area contributed by atoms with Gasteiger partial charge < -0.3 is 22.1 Å². The number of anilines is 3. The van der Waals surface area contributed by atoms with E-state index in [1.807, 2.05) is 6.07 Å². The van der Waals surface area contributed by atoms with E-state index in [1.54, 1.807) is 6.07 Å². The molecule has 0 unspecified atom stereocenters. The van der Waals surface area contributed by atoms with Gasteiger partial charge in [0.2, 0.25) is 11.8 Å². The maximum absolute atomic E-state index is 11.2. The van der Waals surface area contributed by atoms with Gasteiger partial charge in [-0.3, -0.25) is 9.59 Å². The first-order chi connectivity index (χ1) is 8.56. The molecule has 6 heteroatoms. The second-order valence-electron chi connectivity index (χ2n) is 4.32. The topological polar surface area (TPSA) is 110 Å². The highest BCUT2D eigenvalue weighted by Gasteiger charge is 2.19. The summed E-state index contributed by atoms with van der Waals surface area (Å²) in [6.07, 6.45) is 1.37. The molecule has 1 aromatic rings. The van der Waals surface area contributed by atoms with E-state index < -0.39 is 0 Å². The van der Waals surface area contributed by atoms with Crippen LogP contribution in [0, 0.1) is 0 Å². The molecule has 0 fully saturated rings. The van der Waals surface area contributed by atoms with Crippen LogP contribution < -0.4 is 22.1 Å². The Bertz CT molecular complexity index is 499. The quantitative estimate of drug-likeness (QED) is 0.447. The van der Waals surface area contributed by atoms with E-state index in [0.717, 1.165) is 16.9 Å². The van der Waals surface area contributed by atoms with Gasteiger partial charge in [0.25, 0.3) is 0 Å². The van der Waals surface area contributed by atoms with Crippen molar-refractivity contribution in [2.45, 2.75) is 19.3 Å². The molecule has 1 aromatic carbocycles. The van der Waals surface area contributed by atoms with Crippen molar-refractivity contribution in [3.63, 3.8) is 0 Å². The van der Waals surface area contributed by atoms with E-state index >= 15 is 0 Å². The number of fused-ring (bicyclic) bond motifs is 1. The van der Waals surface area contributed by atoms with Crippen molar-refractivity contribution < 1.29 is 9.59 Å². The highest BCUT2D eigenvalue weighted by atomic mass is 16.2. The van der Waals surface area contributed by atoms with Crippen LogP contribution in [0.2, 0.25) is 0 Å². The number of benzene rings is 1. The molecule has 96 valence electrons. The van der Waals surface area contributed by atoms with E-state index in [2.05, 4.69) is 10.6 Å². The van der Waals surface area contributed by atoms with E-state index in [4.69, 9.17) is 11.5 Å². The number of rotatable bonds is 5. The Morgan fingerprint density at radius 2 is 2.22 bits per heavy atom. The van der Waals surface area contributed by atoms with Gasteiger partial charge in [0.1, 0.15) is 0 Å². The molecule has 0 bridgehead atoms. The van der Waals surface area contributed by atoms with Crippen molar-refractivity contribution in [2.75, 3.05) is 22.9 Å². The summed E-state index contributed by atoms with van der Waals surface area (Å²) in [5.41, 5.74) is 14.0. The number of nitrogen functional groups attached to an aromatic ring is 1. The van der Waals surface area contributed by atoms with Crippen molar-refractivity contribution in [1.29, 1.82) is 0 Å². The molecule has 0 saturated carbocycles. The third-order valence-electron chi connectivity index (χ3n) is 2.82. The average molecular weight is 248 g/mol. The minimum atomic E-state index is -0.314. The lowest BCUT2D eigenvalue weighted by Gasteiger charge is -2.11. The van der Waals surface area contributed by atoms with E-state index in [1.165, 1.54) is 0 Å². The van der Waals surface area contributed by atoms with Gasteiger partial charge in [-0.05, 0) is 24.1 Å². The van der Waals surface area contributed by atoms with E-state index in [0.29, 0.717) is 31.5 Å². The molecule has 1 aliphatic heterocycles. The van der Waals surface area contributed by atoms with Crippen LogP contribution in [0.5, 0.6) is 0 Å². The molecule has 18 heavy (non-hydrogen) atoms. The van der Waals surface area contributed by atoms with Crippen LogP contribution in [0.25, 0.3) is 0 Å². The predicted octanol–water partition coefficient (Wildman–Crippen LogP) is 0.441. The van der Waals surface area contributed by atoms with Gasteiger partial charge in [-0.25, -0.2) is 0 Å². The summed E-state index contributed by atoms with van der Waals surface area (Å²) in [7, 11) is 0. The summed E-state index contributed by atoms with van der Waals surface area (Å²) in [4.78, 5) is 21.8. The van der Waals surface area contributed by atoms with Crippen molar-refractivity contribution in [3.8, 4) is 0 Å². The Labute approximate surface area is 105 Å². The van der Waals surface area contributed by atoms with Crippen molar-refractivity contribution >= 4 is 28.9 Å². The van der Waals surface area contributed by atoms with Gasteiger partial charge in [0.15, 0.2) is 0 Å². The van der Waals surface area contributed by atoms with Gasteiger partial charge in [-0.15, -0.1) is 0 Å². The fourth-order valence-electron chi connectivity index (χ4n) is 1.93. The highest BCUT2D eigenvalue weighted by Crippen LogP contribution is 2.31. The molecule has 0 aliphatic carbocycles. The van der Waals surface area contributed by atoms with Gasteiger partial charge in [-0.2, -0.15) is 0 Å². The largest absolute Gasteiger partial charge is 0.397 e. The summed E-state index contributed by atoms with van der Waals surface area (Å²) >= 11 is 0. The lowest BCUT2D eigenvalue weighted by Crippen LogP contribution is -2.13. The Kier molecular flexibility index (Phi) is 3.36. The molecule has 2 amide bonds. The number of hydrogen-bond acceptors (Lipinski definition) is 4. The zero-order valence-corrected chi connectivity index (χ0v) is 9.95. The molecule has 0 saturated heterocycles. The Balaban J connectivity index is 1.99. The lowest BCUT2D eigenvalue weighted by molar-refractivity contribution is -0.118. The van der Waals surface area contributed by atoms with Crippen LogP contribution in [0.3, 0.4) is 0 Å². The number of amides is 2. The summed E-state index contributed by atoms with van der Waals surface area (Å²) in [5, 5.41) is 5.89. The van der Waals surface area contributed by atoms with Crippen molar-refractivity contribution in [2.24, 2.45) is 5.73 Å². The Morgan fingerprint density at radius 3 is 2.94 bits per heavy atom. The maximum atomic E-state index is 11.2. The fourth-order valence-corrected chi connectivity index (χ4v) is 1.93. The molecule has 1 aliphatic rings. The van der Waals surface area contributed by atoms with Crippen molar-refractivity contribution in [3.05, 3.63) is 17.7 Å². The monoisotopic (exact) mass is 248 g/mol. The Hall–Kier alpha value is -2.24. The third-order valence-corrected chi connectivity index (χ3v) is 2.82. The summed E-state index contributed by atoms with van der Waals surface area (Å²) < 4.78 is 0. The second kappa shape index (κ2) is 4.95. The molecule has 0 atom stereocenters. The molecule has 0 radical (unpaired) electrons. The Morgan fingerprint density at radius 1 is 1.44 bits per heavy atom. The SMILES string of the molecule is NC(=O)CCCNc1cc2c(cc1N)CC(=O)N2. The average Bonchev–Trinajstić information content (AvgIpc) is 2.63. The van der Waals surface area contributed by atoms with Crippen LogP contribution in [-0.2, 0) is 16.0 Å². The van der Waals surface area contributed by atoms with Crippen LogP contribution in [-0.4, -0.2) is 18.4 Å². The van der Waals surface area contributed by atoms with Gasteiger partial charge in [0.05, 0.1) is 17.8 Å². The van der Waals surface area contributed by atoms with Crippen LogP contribution >= 0.6 is 0 Å². The maximum Gasteiger partial charge on any atom is 0.228 e. The smallest absolute Gasteiger partial charge is 0.228 e. The number of carbonyl (C=O) groups excluding carboxylic acids is 2. The molecule has 2 rings (SSSR count). The highest BCUT2D eigenvalue weighted by molar-refractivity contribution is 6.00. The first-order valence-electron chi connectivity index (χ1n) is 5.80. The summed E-state index contributed by atoms with van der Waals surface area (Å²) in [6.45, 7) is 0.611. The summed E-state index contributed by atoms with van der Waals surface area (Å²) in [5.74, 6) is -0.332. The number of nitrogens with two attached hydrogens (primary N) is 2. The first-order valence-corrected chi connectivity index (χ1v) is 5.80. The minimum absolute atomic E-state index is 0.0183. The molecule has 0 spiro atoms. The predicted molar refractivity (Wildman–Crippen MR) is 70.1 cm³/mol. The summed E-state index contributed by atoms with van der Waals surface area (Å²) in [6, 6.07) is 3.61. The molecule has 6 N–H and O–H groups in total. The van der Waals surface area contributed by atoms with Gasteiger partial charge in [0, 0.05) is 18.7 Å². The number of carbonyl (C=O) groups is 2. The van der Waals surface area contributed by atoms with Crippen LogP contribution in [0.15, 0.2) is 12.1 Å². The molecular formula is C12H16N4O2. The third kappa shape index (κ3) is 2.71. The lowest BCUT2D eigenvalue weighted by atomic mass is 10.1. The van der Waals surface area contributed by atoms with Gasteiger partial charge >= 0.3 is 0 Å². The zero-order valence-electron chi connectivity index (χ0n) is 9.95. The molecular weight excluding hydrogens is 232 g/mol. The number of hydrogen-bond donors (Lipinski definition) is 4. The van der Waals surface area contributed by atoms with Gasteiger partial charge in [-0.1, -0.05) is 0 Å².